The lowest BCUT2D eigenvalue weighted by Gasteiger charge is -2.34. The number of rotatable bonds is 2. The van der Waals surface area contributed by atoms with Gasteiger partial charge in [0.15, 0.2) is 0 Å². The van der Waals surface area contributed by atoms with Crippen LogP contribution in [0.1, 0.15) is 51.9 Å². The SMILES string of the molecule is CC1SCCCC1NC1CCCCCC1O. The fourth-order valence-electron chi connectivity index (χ4n) is 2.90. The second-order valence-electron chi connectivity index (χ2n) is 5.30. The highest BCUT2D eigenvalue weighted by Crippen LogP contribution is 2.27. The number of nitrogens with one attached hydrogen (secondary N) is 1. The van der Waals surface area contributed by atoms with Crippen LogP contribution in [0.3, 0.4) is 0 Å². The van der Waals surface area contributed by atoms with Gasteiger partial charge < -0.3 is 10.4 Å². The maximum Gasteiger partial charge on any atom is 0.0693 e. The standard InChI is InChI=1S/C13H25NOS/c1-10-11(7-5-9-16-10)14-12-6-3-2-4-8-13(12)15/h10-15H,2-9H2,1H3. The Hall–Kier alpha value is 0.270. The Labute approximate surface area is 104 Å². The summed E-state index contributed by atoms with van der Waals surface area (Å²) in [5.74, 6) is 1.31. The molecule has 0 aromatic carbocycles. The van der Waals surface area contributed by atoms with Gasteiger partial charge in [-0.05, 0) is 31.4 Å². The van der Waals surface area contributed by atoms with Crippen LogP contribution >= 0.6 is 11.8 Å². The molecule has 94 valence electrons. The van der Waals surface area contributed by atoms with Crippen LogP contribution in [0, 0.1) is 0 Å². The van der Waals surface area contributed by atoms with Crippen LogP contribution in [0.2, 0.25) is 0 Å². The average molecular weight is 243 g/mol. The molecular weight excluding hydrogens is 218 g/mol. The first kappa shape index (κ1) is 12.7. The molecule has 3 heteroatoms. The van der Waals surface area contributed by atoms with E-state index in [0.717, 1.165) is 12.8 Å². The van der Waals surface area contributed by atoms with E-state index in [0.29, 0.717) is 17.3 Å². The van der Waals surface area contributed by atoms with Crippen molar-refractivity contribution < 1.29 is 5.11 Å². The lowest BCUT2D eigenvalue weighted by molar-refractivity contribution is 0.112. The lowest BCUT2D eigenvalue weighted by atomic mass is 10.0. The van der Waals surface area contributed by atoms with E-state index in [9.17, 15) is 5.11 Å². The average Bonchev–Trinajstić information content (AvgIpc) is 2.48. The van der Waals surface area contributed by atoms with Crippen molar-refractivity contribution in [2.75, 3.05) is 5.75 Å². The zero-order valence-electron chi connectivity index (χ0n) is 10.3. The zero-order valence-corrected chi connectivity index (χ0v) is 11.1. The Balaban J connectivity index is 1.86. The van der Waals surface area contributed by atoms with Crippen molar-refractivity contribution >= 4 is 11.8 Å². The molecular formula is C13H25NOS. The minimum absolute atomic E-state index is 0.110. The van der Waals surface area contributed by atoms with Gasteiger partial charge in [-0.25, -0.2) is 0 Å². The van der Waals surface area contributed by atoms with Crippen LogP contribution in [-0.2, 0) is 0 Å². The van der Waals surface area contributed by atoms with Crippen LogP contribution in [0.25, 0.3) is 0 Å². The largest absolute Gasteiger partial charge is 0.392 e. The summed E-state index contributed by atoms with van der Waals surface area (Å²) in [5, 5.41) is 14.5. The van der Waals surface area contributed by atoms with E-state index >= 15 is 0 Å². The summed E-state index contributed by atoms with van der Waals surface area (Å²) in [6.45, 7) is 2.32. The highest BCUT2D eigenvalue weighted by atomic mass is 32.2. The molecule has 1 aliphatic heterocycles. The zero-order chi connectivity index (χ0) is 11.4. The molecule has 0 aromatic heterocycles. The summed E-state index contributed by atoms with van der Waals surface area (Å²) in [6, 6.07) is 0.977. The Morgan fingerprint density at radius 3 is 2.56 bits per heavy atom. The summed E-state index contributed by atoms with van der Waals surface area (Å²) < 4.78 is 0. The molecule has 1 saturated heterocycles. The molecule has 2 fully saturated rings. The number of hydrogen-bond donors (Lipinski definition) is 2. The third-order valence-corrected chi connectivity index (χ3v) is 5.39. The van der Waals surface area contributed by atoms with Crippen molar-refractivity contribution in [3.05, 3.63) is 0 Å². The molecule has 0 spiro atoms. The summed E-state index contributed by atoms with van der Waals surface area (Å²) in [7, 11) is 0. The quantitative estimate of drug-likeness (QED) is 0.731. The maximum atomic E-state index is 10.1. The van der Waals surface area contributed by atoms with Crippen LogP contribution < -0.4 is 5.32 Å². The van der Waals surface area contributed by atoms with Gasteiger partial charge >= 0.3 is 0 Å². The highest BCUT2D eigenvalue weighted by Gasteiger charge is 2.28. The van der Waals surface area contributed by atoms with Gasteiger partial charge in [0.1, 0.15) is 0 Å². The van der Waals surface area contributed by atoms with E-state index in [1.54, 1.807) is 0 Å². The van der Waals surface area contributed by atoms with Gasteiger partial charge in [-0.1, -0.05) is 26.2 Å². The first-order valence-corrected chi connectivity index (χ1v) is 7.88. The van der Waals surface area contributed by atoms with Gasteiger partial charge in [-0.15, -0.1) is 0 Å². The van der Waals surface area contributed by atoms with Crippen molar-refractivity contribution in [3.8, 4) is 0 Å². The Kier molecular flexibility index (Phi) is 4.98. The molecule has 2 N–H and O–H groups in total. The molecule has 0 radical (unpaired) electrons. The highest BCUT2D eigenvalue weighted by molar-refractivity contribution is 7.99. The Bertz CT molecular complexity index is 212. The van der Waals surface area contributed by atoms with Crippen molar-refractivity contribution in [2.24, 2.45) is 0 Å². The van der Waals surface area contributed by atoms with E-state index in [1.807, 2.05) is 0 Å². The minimum atomic E-state index is -0.110. The third-order valence-electron chi connectivity index (χ3n) is 4.01. The number of thioether (sulfide) groups is 1. The fraction of sp³-hybridized carbons (Fsp3) is 1.00. The van der Waals surface area contributed by atoms with Crippen LogP contribution in [0.15, 0.2) is 0 Å². The van der Waals surface area contributed by atoms with Crippen molar-refractivity contribution in [1.82, 2.24) is 5.32 Å². The summed E-state index contributed by atoms with van der Waals surface area (Å²) in [5.41, 5.74) is 0. The topological polar surface area (TPSA) is 32.3 Å². The van der Waals surface area contributed by atoms with Crippen molar-refractivity contribution in [3.63, 3.8) is 0 Å². The van der Waals surface area contributed by atoms with Crippen LogP contribution in [-0.4, -0.2) is 34.3 Å². The van der Waals surface area contributed by atoms with E-state index in [-0.39, 0.29) is 6.10 Å². The van der Waals surface area contributed by atoms with Crippen LogP contribution in [0.4, 0.5) is 0 Å². The van der Waals surface area contributed by atoms with Gasteiger partial charge in [0.05, 0.1) is 6.10 Å². The Morgan fingerprint density at radius 1 is 1.00 bits per heavy atom. The molecule has 0 bridgehead atoms. The second-order valence-corrected chi connectivity index (χ2v) is 6.79. The van der Waals surface area contributed by atoms with Crippen molar-refractivity contribution in [2.45, 2.75) is 75.3 Å². The first-order chi connectivity index (χ1) is 7.77. The molecule has 4 atom stereocenters. The van der Waals surface area contributed by atoms with E-state index in [2.05, 4.69) is 24.0 Å². The molecule has 16 heavy (non-hydrogen) atoms. The predicted molar refractivity (Wildman–Crippen MR) is 71.0 cm³/mol. The predicted octanol–water partition coefficient (Wildman–Crippen LogP) is 2.55. The van der Waals surface area contributed by atoms with Gasteiger partial charge in [0, 0.05) is 17.3 Å². The monoisotopic (exact) mass is 243 g/mol. The third kappa shape index (κ3) is 3.38. The van der Waals surface area contributed by atoms with Crippen LogP contribution in [0.5, 0.6) is 0 Å². The lowest BCUT2D eigenvalue weighted by Crippen LogP contribution is -2.49. The normalized spacial score (nSPS) is 41.6. The fourth-order valence-corrected chi connectivity index (χ4v) is 4.05. The summed E-state index contributed by atoms with van der Waals surface area (Å²) in [4.78, 5) is 0. The number of aliphatic hydroxyl groups excluding tert-OH is 1. The molecule has 1 aliphatic carbocycles. The smallest absolute Gasteiger partial charge is 0.0693 e. The maximum absolute atomic E-state index is 10.1. The van der Waals surface area contributed by atoms with Gasteiger partial charge in [0.2, 0.25) is 0 Å². The molecule has 2 aliphatic rings. The van der Waals surface area contributed by atoms with E-state index in [1.165, 1.54) is 37.9 Å². The number of hydrogen-bond acceptors (Lipinski definition) is 3. The molecule has 4 unspecified atom stereocenters. The van der Waals surface area contributed by atoms with Gasteiger partial charge in [-0.3, -0.25) is 0 Å². The van der Waals surface area contributed by atoms with Crippen molar-refractivity contribution in [1.29, 1.82) is 0 Å². The molecule has 0 aromatic rings. The molecule has 1 heterocycles. The first-order valence-electron chi connectivity index (χ1n) is 6.83. The molecule has 2 rings (SSSR count). The van der Waals surface area contributed by atoms with E-state index in [4.69, 9.17) is 0 Å². The molecule has 0 amide bonds. The van der Waals surface area contributed by atoms with Gasteiger partial charge in [0.25, 0.3) is 0 Å². The van der Waals surface area contributed by atoms with E-state index < -0.39 is 0 Å². The summed E-state index contributed by atoms with van der Waals surface area (Å²) in [6.07, 6.45) is 8.44. The number of aliphatic hydroxyl groups is 1. The molecule has 1 saturated carbocycles. The molecule has 2 nitrogen and oxygen atoms in total. The second kappa shape index (κ2) is 6.27. The van der Waals surface area contributed by atoms with Gasteiger partial charge in [-0.2, -0.15) is 11.8 Å². The Morgan fingerprint density at radius 2 is 1.75 bits per heavy atom. The summed E-state index contributed by atoms with van der Waals surface area (Å²) >= 11 is 2.08. The minimum Gasteiger partial charge on any atom is -0.392 e.